The van der Waals surface area contributed by atoms with Crippen LogP contribution in [0.1, 0.15) is 5.56 Å². The third kappa shape index (κ3) is 2.54. The molecule has 5 nitrogen and oxygen atoms in total. The number of rotatable bonds is 6. The smallest absolute Gasteiger partial charge is 0.158 e. The van der Waals surface area contributed by atoms with Crippen LogP contribution in [0.4, 0.5) is 5.69 Å². The van der Waals surface area contributed by atoms with E-state index in [1.165, 1.54) is 0 Å². The fourth-order valence-electron chi connectivity index (χ4n) is 2.81. The second-order valence-electron chi connectivity index (χ2n) is 5.23. The van der Waals surface area contributed by atoms with Crippen molar-refractivity contribution in [2.75, 3.05) is 31.2 Å². The first-order valence-electron chi connectivity index (χ1n) is 7.39. The highest BCUT2D eigenvalue weighted by Crippen LogP contribution is 2.36. The molecular formula is C17H20N2O3. The van der Waals surface area contributed by atoms with E-state index in [-0.39, 0.29) is 13.2 Å². The Labute approximate surface area is 128 Å². The van der Waals surface area contributed by atoms with E-state index in [0.29, 0.717) is 19.6 Å². The Morgan fingerprint density at radius 3 is 2.41 bits per heavy atom. The SMILES string of the molecule is NCc1cc(N(CCO)CCO)c2oc3ccccc3c2c1. The predicted molar refractivity (Wildman–Crippen MR) is 88.0 cm³/mol. The topological polar surface area (TPSA) is 82.9 Å². The molecule has 3 aromatic rings. The molecule has 0 saturated carbocycles. The van der Waals surface area contributed by atoms with Gasteiger partial charge in [-0.05, 0) is 23.8 Å². The Balaban J connectivity index is 2.26. The van der Waals surface area contributed by atoms with E-state index in [2.05, 4.69) is 0 Å². The number of aliphatic hydroxyl groups is 2. The van der Waals surface area contributed by atoms with Gasteiger partial charge in [-0.15, -0.1) is 0 Å². The van der Waals surface area contributed by atoms with E-state index in [9.17, 15) is 10.2 Å². The van der Waals surface area contributed by atoms with Crippen molar-refractivity contribution in [3.63, 3.8) is 0 Å². The summed E-state index contributed by atoms with van der Waals surface area (Å²) in [6.45, 7) is 1.30. The van der Waals surface area contributed by atoms with E-state index >= 15 is 0 Å². The van der Waals surface area contributed by atoms with Crippen molar-refractivity contribution in [1.82, 2.24) is 0 Å². The number of hydrogen-bond donors (Lipinski definition) is 3. The van der Waals surface area contributed by atoms with Crippen molar-refractivity contribution in [3.05, 3.63) is 42.0 Å². The first-order valence-corrected chi connectivity index (χ1v) is 7.39. The standard InChI is InChI=1S/C17H20N2O3/c18-11-12-9-14-13-3-1-2-4-16(13)22-17(14)15(10-12)19(5-7-20)6-8-21/h1-4,9-10,20-21H,5-8,11,18H2. The maximum absolute atomic E-state index is 9.28. The van der Waals surface area contributed by atoms with Gasteiger partial charge in [0.1, 0.15) is 5.58 Å². The largest absolute Gasteiger partial charge is 0.454 e. The molecule has 0 aliphatic rings. The summed E-state index contributed by atoms with van der Waals surface area (Å²) in [5.74, 6) is 0. The minimum absolute atomic E-state index is 0.00851. The molecule has 5 heteroatoms. The molecule has 0 amide bonds. The molecule has 1 aromatic heterocycles. The first-order chi connectivity index (χ1) is 10.8. The summed E-state index contributed by atoms with van der Waals surface area (Å²) < 4.78 is 6.01. The number of nitrogens with zero attached hydrogens (tertiary/aromatic N) is 1. The molecule has 0 unspecified atom stereocenters. The molecule has 22 heavy (non-hydrogen) atoms. The molecule has 0 spiro atoms. The average molecular weight is 300 g/mol. The molecule has 1 heterocycles. The number of anilines is 1. The van der Waals surface area contributed by atoms with Crippen LogP contribution < -0.4 is 10.6 Å². The molecule has 0 atom stereocenters. The van der Waals surface area contributed by atoms with Crippen molar-refractivity contribution < 1.29 is 14.6 Å². The van der Waals surface area contributed by atoms with Gasteiger partial charge in [0, 0.05) is 30.4 Å². The normalized spacial score (nSPS) is 11.4. The molecule has 0 fully saturated rings. The minimum atomic E-state index is 0.00851. The molecule has 0 bridgehead atoms. The third-order valence-electron chi connectivity index (χ3n) is 3.83. The van der Waals surface area contributed by atoms with Crippen molar-refractivity contribution in [1.29, 1.82) is 0 Å². The van der Waals surface area contributed by atoms with Gasteiger partial charge in [-0.3, -0.25) is 0 Å². The maximum Gasteiger partial charge on any atom is 0.158 e. The van der Waals surface area contributed by atoms with Crippen LogP contribution in [0.15, 0.2) is 40.8 Å². The zero-order chi connectivity index (χ0) is 15.5. The summed E-state index contributed by atoms with van der Waals surface area (Å²) in [6, 6.07) is 11.9. The fourth-order valence-corrected chi connectivity index (χ4v) is 2.81. The number of aliphatic hydroxyl groups excluding tert-OH is 2. The number of furan rings is 1. The van der Waals surface area contributed by atoms with E-state index in [1.807, 2.05) is 41.3 Å². The Morgan fingerprint density at radius 1 is 1.00 bits per heavy atom. The van der Waals surface area contributed by atoms with Crippen molar-refractivity contribution in [2.24, 2.45) is 5.73 Å². The molecule has 4 N–H and O–H groups in total. The minimum Gasteiger partial charge on any atom is -0.454 e. The number of hydrogen-bond acceptors (Lipinski definition) is 5. The molecule has 0 radical (unpaired) electrons. The van der Waals surface area contributed by atoms with Gasteiger partial charge in [0.2, 0.25) is 0 Å². The quantitative estimate of drug-likeness (QED) is 0.647. The van der Waals surface area contributed by atoms with E-state index < -0.39 is 0 Å². The molecule has 3 rings (SSSR count). The number of benzene rings is 2. The van der Waals surface area contributed by atoms with Crippen LogP contribution in [-0.4, -0.2) is 36.5 Å². The van der Waals surface area contributed by atoms with Gasteiger partial charge in [-0.25, -0.2) is 0 Å². The molecule has 116 valence electrons. The highest BCUT2D eigenvalue weighted by Gasteiger charge is 2.16. The van der Waals surface area contributed by atoms with Gasteiger partial charge < -0.3 is 25.3 Å². The lowest BCUT2D eigenvalue weighted by Gasteiger charge is -2.23. The van der Waals surface area contributed by atoms with E-state index in [4.69, 9.17) is 10.2 Å². The fraction of sp³-hybridized carbons (Fsp3) is 0.294. The van der Waals surface area contributed by atoms with Gasteiger partial charge in [0.05, 0.1) is 18.9 Å². The summed E-state index contributed by atoms with van der Waals surface area (Å²) in [5, 5.41) is 20.6. The Bertz CT molecular complexity index is 776. The van der Waals surface area contributed by atoms with Gasteiger partial charge in [-0.2, -0.15) is 0 Å². The second kappa shape index (κ2) is 6.36. The van der Waals surface area contributed by atoms with Crippen LogP contribution in [0.2, 0.25) is 0 Å². The first kappa shape index (κ1) is 14.8. The average Bonchev–Trinajstić information content (AvgIpc) is 2.92. The lowest BCUT2D eigenvalue weighted by molar-refractivity contribution is 0.281. The zero-order valence-corrected chi connectivity index (χ0v) is 12.3. The van der Waals surface area contributed by atoms with Gasteiger partial charge >= 0.3 is 0 Å². The third-order valence-corrected chi connectivity index (χ3v) is 3.83. The predicted octanol–water partition coefficient (Wildman–Crippen LogP) is 1.84. The van der Waals surface area contributed by atoms with Crippen LogP contribution in [0.3, 0.4) is 0 Å². The molecule has 0 saturated heterocycles. The van der Waals surface area contributed by atoms with Gasteiger partial charge in [0.25, 0.3) is 0 Å². The molecule has 2 aromatic carbocycles. The van der Waals surface area contributed by atoms with Gasteiger partial charge in [0.15, 0.2) is 5.58 Å². The monoisotopic (exact) mass is 300 g/mol. The van der Waals surface area contributed by atoms with Crippen LogP contribution >= 0.6 is 0 Å². The highest BCUT2D eigenvalue weighted by molar-refractivity contribution is 6.09. The van der Waals surface area contributed by atoms with Crippen LogP contribution in [0, 0.1) is 0 Å². The molecule has 0 aliphatic carbocycles. The summed E-state index contributed by atoms with van der Waals surface area (Å²) >= 11 is 0. The summed E-state index contributed by atoms with van der Waals surface area (Å²) in [7, 11) is 0. The number of nitrogens with two attached hydrogens (primary N) is 1. The Hall–Kier alpha value is -2.08. The number of para-hydroxylation sites is 1. The summed E-state index contributed by atoms with van der Waals surface area (Å²) in [5.41, 5.74) is 9.26. The Morgan fingerprint density at radius 2 is 1.73 bits per heavy atom. The highest BCUT2D eigenvalue weighted by atomic mass is 16.3. The Kier molecular flexibility index (Phi) is 4.29. The van der Waals surface area contributed by atoms with Crippen molar-refractivity contribution in [3.8, 4) is 0 Å². The maximum atomic E-state index is 9.28. The molecular weight excluding hydrogens is 280 g/mol. The number of fused-ring (bicyclic) bond motifs is 3. The van der Waals surface area contributed by atoms with Gasteiger partial charge in [-0.1, -0.05) is 18.2 Å². The van der Waals surface area contributed by atoms with E-state index in [0.717, 1.165) is 33.2 Å². The van der Waals surface area contributed by atoms with Crippen LogP contribution in [-0.2, 0) is 6.54 Å². The summed E-state index contributed by atoms with van der Waals surface area (Å²) in [6.07, 6.45) is 0. The zero-order valence-electron chi connectivity index (χ0n) is 12.3. The van der Waals surface area contributed by atoms with Crippen LogP contribution in [0.25, 0.3) is 21.9 Å². The van der Waals surface area contributed by atoms with Crippen LogP contribution in [0.5, 0.6) is 0 Å². The van der Waals surface area contributed by atoms with Crippen molar-refractivity contribution in [2.45, 2.75) is 6.54 Å². The lowest BCUT2D eigenvalue weighted by atomic mass is 10.1. The molecule has 0 aliphatic heterocycles. The second-order valence-corrected chi connectivity index (χ2v) is 5.23. The van der Waals surface area contributed by atoms with Crippen molar-refractivity contribution >= 4 is 27.6 Å². The lowest BCUT2D eigenvalue weighted by Crippen LogP contribution is -2.29. The summed E-state index contributed by atoms with van der Waals surface area (Å²) in [4.78, 5) is 1.92. The van der Waals surface area contributed by atoms with E-state index in [1.54, 1.807) is 0 Å².